The lowest BCUT2D eigenvalue weighted by Gasteiger charge is -2.31. The molecular weight excluding hydrogens is 475 g/mol. The number of amides is 1. The van der Waals surface area contributed by atoms with Gasteiger partial charge in [-0.15, -0.1) is 24.0 Å². The predicted octanol–water partition coefficient (Wildman–Crippen LogP) is 4.14. The maximum absolute atomic E-state index is 12.8. The van der Waals surface area contributed by atoms with E-state index < -0.39 is 0 Å². The number of fused-ring (bicyclic) bond motifs is 1. The molecule has 5 nitrogen and oxygen atoms in total. The fourth-order valence-electron chi connectivity index (χ4n) is 3.93. The number of nitrogens with zero attached hydrogens (tertiary/aromatic N) is 3. The number of benzene rings is 2. The minimum Gasteiger partial charge on any atom is -0.343 e. The van der Waals surface area contributed by atoms with E-state index in [0.717, 1.165) is 37.7 Å². The van der Waals surface area contributed by atoms with Crippen molar-refractivity contribution >= 4 is 41.5 Å². The summed E-state index contributed by atoms with van der Waals surface area (Å²) in [4.78, 5) is 21.7. The Balaban J connectivity index is 0.00000240. The Hall–Kier alpha value is -2.09. The van der Waals surface area contributed by atoms with Crippen molar-refractivity contribution < 1.29 is 4.79 Å². The van der Waals surface area contributed by atoms with E-state index in [1.807, 2.05) is 41.3 Å². The van der Waals surface area contributed by atoms with Gasteiger partial charge < -0.3 is 15.1 Å². The van der Waals surface area contributed by atoms with Gasteiger partial charge in [0.05, 0.1) is 0 Å². The van der Waals surface area contributed by atoms with E-state index in [1.54, 1.807) is 0 Å². The van der Waals surface area contributed by atoms with Gasteiger partial charge in [0.1, 0.15) is 6.54 Å². The summed E-state index contributed by atoms with van der Waals surface area (Å²) >= 11 is 0. The number of guanidine groups is 1. The first-order valence-electron chi connectivity index (χ1n) is 10.3. The summed E-state index contributed by atoms with van der Waals surface area (Å²) in [5.74, 6) is 0.913. The molecule has 0 unspecified atom stereocenters. The van der Waals surface area contributed by atoms with E-state index in [1.165, 1.54) is 30.4 Å². The van der Waals surface area contributed by atoms with Gasteiger partial charge in [-0.25, -0.2) is 4.99 Å². The highest BCUT2D eigenvalue weighted by atomic mass is 127. The summed E-state index contributed by atoms with van der Waals surface area (Å²) in [7, 11) is 0. The van der Waals surface area contributed by atoms with Crippen molar-refractivity contribution in [2.24, 2.45) is 4.99 Å². The number of halogens is 1. The number of carbonyl (C=O) groups excluding carboxylic acids is 1. The van der Waals surface area contributed by atoms with Gasteiger partial charge in [0.15, 0.2) is 5.96 Å². The molecule has 1 amide bonds. The minimum absolute atomic E-state index is 0. The van der Waals surface area contributed by atoms with Gasteiger partial charge in [0, 0.05) is 31.9 Å². The summed E-state index contributed by atoms with van der Waals surface area (Å²) in [5, 5.41) is 3.43. The third-order valence-corrected chi connectivity index (χ3v) is 5.53. The number of para-hydroxylation sites is 1. The first-order valence-corrected chi connectivity index (χ1v) is 10.3. The average molecular weight is 504 g/mol. The van der Waals surface area contributed by atoms with Crippen molar-refractivity contribution in [1.29, 1.82) is 0 Å². The molecule has 2 aromatic carbocycles. The van der Waals surface area contributed by atoms with Crippen LogP contribution in [0.15, 0.2) is 59.6 Å². The van der Waals surface area contributed by atoms with E-state index in [9.17, 15) is 4.79 Å². The van der Waals surface area contributed by atoms with Crippen molar-refractivity contribution in [1.82, 2.24) is 9.80 Å². The van der Waals surface area contributed by atoms with E-state index in [0.29, 0.717) is 6.54 Å². The molecule has 1 saturated heterocycles. The topological polar surface area (TPSA) is 47.9 Å². The monoisotopic (exact) mass is 504 g/mol. The molecular formula is C23H29IN4O. The number of rotatable bonds is 3. The van der Waals surface area contributed by atoms with Crippen LogP contribution in [0.3, 0.4) is 0 Å². The van der Waals surface area contributed by atoms with Crippen molar-refractivity contribution in [2.45, 2.75) is 32.2 Å². The van der Waals surface area contributed by atoms with Crippen LogP contribution in [0.1, 0.15) is 30.4 Å². The molecule has 0 saturated carbocycles. The summed E-state index contributed by atoms with van der Waals surface area (Å²) in [6.07, 6.45) is 4.53. The van der Waals surface area contributed by atoms with Gasteiger partial charge in [-0.1, -0.05) is 42.5 Å². The van der Waals surface area contributed by atoms with Crippen LogP contribution in [0.4, 0.5) is 5.69 Å². The summed E-state index contributed by atoms with van der Waals surface area (Å²) in [6.45, 7) is 3.63. The number of hydrogen-bond donors (Lipinski definition) is 1. The number of hydrogen-bond acceptors (Lipinski definition) is 2. The lowest BCUT2D eigenvalue weighted by Crippen LogP contribution is -2.42. The number of nitrogens with one attached hydrogen (secondary N) is 1. The second-order valence-corrected chi connectivity index (χ2v) is 7.51. The van der Waals surface area contributed by atoms with Crippen LogP contribution < -0.4 is 5.32 Å². The fourth-order valence-corrected chi connectivity index (χ4v) is 3.93. The highest BCUT2D eigenvalue weighted by molar-refractivity contribution is 14.0. The molecule has 0 aromatic heterocycles. The van der Waals surface area contributed by atoms with E-state index in [2.05, 4.69) is 28.4 Å². The zero-order valence-electron chi connectivity index (χ0n) is 16.7. The minimum atomic E-state index is 0. The Morgan fingerprint density at radius 3 is 2.31 bits per heavy atom. The molecule has 4 rings (SSSR count). The number of anilines is 1. The number of likely N-dealkylation sites (tertiary alicyclic amines) is 1. The van der Waals surface area contributed by atoms with Gasteiger partial charge in [-0.3, -0.25) is 4.79 Å². The molecule has 0 bridgehead atoms. The van der Waals surface area contributed by atoms with Crippen LogP contribution in [0, 0.1) is 0 Å². The maximum atomic E-state index is 12.8. The van der Waals surface area contributed by atoms with Gasteiger partial charge in [-0.05, 0) is 48.9 Å². The first kappa shape index (κ1) is 21.6. The number of aliphatic imine (C=N–C) groups is 1. The molecule has 2 aliphatic rings. The zero-order chi connectivity index (χ0) is 19.2. The molecule has 2 heterocycles. The van der Waals surface area contributed by atoms with E-state index in [4.69, 9.17) is 4.99 Å². The highest BCUT2D eigenvalue weighted by Gasteiger charge is 2.21. The Bertz CT molecular complexity index is 834. The smallest absolute Gasteiger partial charge is 0.244 e. The molecule has 0 atom stereocenters. The van der Waals surface area contributed by atoms with Crippen molar-refractivity contribution in [3.05, 3.63) is 65.7 Å². The van der Waals surface area contributed by atoms with Gasteiger partial charge in [0.2, 0.25) is 5.91 Å². The lowest BCUT2D eigenvalue weighted by atomic mass is 10.00. The standard InChI is InChI=1S/C23H28N4O.HI/c28-22(27-16-13-19-9-5-6-10-20(19)18-27)17-24-23(26-14-7-2-8-15-26)25-21-11-3-1-4-12-21;/h1,3-6,9-12H,2,7-8,13-18H2,(H,24,25);1H. The van der Waals surface area contributed by atoms with Gasteiger partial charge in [0.25, 0.3) is 0 Å². The fraction of sp³-hybridized carbons (Fsp3) is 0.391. The van der Waals surface area contributed by atoms with Crippen LogP contribution in [-0.4, -0.2) is 47.8 Å². The second kappa shape index (κ2) is 10.6. The molecule has 1 N–H and O–H groups in total. The van der Waals surface area contributed by atoms with Crippen LogP contribution in [0.25, 0.3) is 0 Å². The van der Waals surface area contributed by atoms with E-state index in [-0.39, 0.29) is 36.4 Å². The normalized spacial score (nSPS) is 16.6. The van der Waals surface area contributed by atoms with Crippen LogP contribution >= 0.6 is 24.0 Å². The SMILES string of the molecule is I.O=C(CN=C(Nc1ccccc1)N1CCCCC1)N1CCc2ccccc2C1. The molecule has 154 valence electrons. The Morgan fingerprint density at radius 2 is 1.55 bits per heavy atom. The molecule has 0 spiro atoms. The molecule has 0 aliphatic carbocycles. The number of carbonyl (C=O) groups is 1. The lowest BCUT2D eigenvalue weighted by molar-refractivity contribution is -0.130. The summed E-state index contributed by atoms with van der Waals surface area (Å²) in [6, 6.07) is 18.5. The summed E-state index contributed by atoms with van der Waals surface area (Å²) < 4.78 is 0. The Kier molecular flexibility index (Phi) is 7.91. The molecule has 1 fully saturated rings. The largest absolute Gasteiger partial charge is 0.343 e. The van der Waals surface area contributed by atoms with Crippen LogP contribution in [0.5, 0.6) is 0 Å². The quantitative estimate of drug-likeness (QED) is 0.389. The molecule has 2 aliphatic heterocycles. The Labute approximate surface area is 190 Å². The third-order valence-electron chi connectivity index (χ3n) is 5.53. The first-order chi connectivity index (χ1) is 13.8. The Morgan fingerprint density at radius 1 is 0.862 bits per heavy atom. The number of piperidine rings is 1. The van der Waals surface area contributed by atoms with Crippen molar-refractivity contribution in [3.8, 4) is 0 Å². The highest BCUT2D eigenvalue weighted by Crippen LogP contribution is 2.19. The van der Waals surface area contributed by atoms with Crippen molar-refractivity contribution in [2.75, 3.05) is 31.5 Å². The predicted molar refractivity (Wildman–Crippen MR) is 129 cm³/mol. The maximum Gasteiger partial charge on any atom is 0.244 e. The van der Waals surface area contributed by atoms with E-state index >= 15 is 0 Å². The second-order valence-electron chi connectivity index (χ2n) is 7.51. The van der Waals surface area contributed by atoms with Crippen LogP contribution in [-0.2, 0) is 17.8 Å². The van der Waals surface area contributed by atoms with Crippen LogP contribution in [0.2, 0.25) is 0 Å². The summed E-state index contributed by atoms with van der Waals surface area (Å²) in [5.41, 5.74) is 3.62. The molecule has 29 heavy (non-hydrogen) atoms. The average Bonchev–Trinajstić information content (AvgIpc) is 2.77. The van der Waals surface area contributed by atoms with Crippen molar-refractivity contribution in [3.63, 3.8) is 0 Å². The van der Waals surface area contributed by atoms with Gasteiger partial charge in [-0.2, -0.15) is 0 Å². The molecule has 2 aromatic rings. The van der Waals surface area contributed by atoms with Gasteiger partial charge >= 0.3 is 0 Å². The molecule has 0 radical (unpaired) electrons. The third kappa shape index (κ3) is 5.72. The zero-order valence-corrected chi connectivity index (χ0v) is 19.0. The molecule has 6 heteroatoms.